The average Bonchev–Trinajstić information content (AvgIpc) is 1.79. The molecule has 0 spiro atoms. The molecule has 0 saturated carbocycles. The third kappa shape index (κ3) is 7.84. The van der Waals surface area contributed by atoms with Crippen LogP contribution in [0.4, 0.5) is 0 Å². The van der Waals surface area contributed by atoms with Crippen LogP contribution in [0, 0.1) is 0 Å². The molecule has 1 N–H and O–H groups in total. The third-order valence-electron chi connectivity index (χ3n) is 0.832. The Morgan fingerprint density at radius 3 is 2.20 bits per heavy atom. The Hall–Kier alpha value is -0.160. The van der Waals surface area contributed by atoms with Crippen molar-refractivity contribution in [1.82, 2.24) is 15.3 Å². The SMILES string of the molecule is CN(C)COCNN(C)C. The van der Waals surface area contributed by atoms with E-state index in [2.05, 4.69) is 5.43 Å². The first kappa shape index (κ1) is 9.84. The lowest BCUT2D eigenvalue weighted by Crippen LogP contribution is -2.33. The molecule has 0 bridgehead atoms. The molecule has 0 aliphatic rings. The Bertz CT molecular complexity index is 65.4. The van der Waals surface area contributed by atoms with E-state index in [4.69, 9.17) is 4.74 Å². The summed E-state index contributed by atoms with van der Waals surface area (Å²) in [5, 5.41) is 1.86. The zero-order valence-corrected chi connectivity index (χ0v) is 7.22. The highest BCUT2D eigenvalue weighted by atomic mass is 16.5. The van der Waals surface area contributed by atoms with Gasteiger partial charge < -0.3 is 4.74 Å². The molecule has 0 saturated heterocycles. The molecule has 0 fully saturated rings. The Morgan fingerprint density at radius 1 is 1.20 bits per heavy atom. The minimum absolute atomic E-state index is 0.561. The van der Waals surface area contributed by atoms with Crippen molar-refractivity contribution in [2.45, 2.75) is 0 Å². The normalized spacial score (nSPS) is 11.4. The standard InChI is InChI=1S/C6H17N3O/c1-8(2)6-10-5-7-9(3)4/h7H,5-6H2,1-4H3. The maximum Gasteiger partial charge on any atom is 0.111 e. The summed E-state index contributed by atoms with van der Waals surface area (Å²) in [5.74, 6) is 0. The number of hydrogen-bond acceptors (Lipinski definition) is 4. The molecule has 62 valence electrons. The van der Waals surface area contributed by atoms with Crippen molar-refractivity contribution in [3.8, 4) is 0 Å². The maximum atomic E-state index is 5.18. The highest BCUT2D eigenvalue weighted by molar-refractivity contribution is 4.27. The Kier molecular flexibility index (Phi) is 5.52. The molecule has 0 radical (unpaired) electrons. The Balaban J connectivity index is 2.91. The van der Waals surface area contributed by atoms with Crippen LogP contribution in [0.25, 0.3) is 0 Å². The van der Waals surface area contributed by atoms with Gasteiger partial charge in [0.05, 0.1) is 0 Å². The summed E-state index contributed by atoms with van der Waals surface area (Å²) < 4.78 is 5.18. The van der Waals surface area contributed by atoms with Crippen LogP contribution >= 0.6 is 0 Å². The van der Waals surface area contributed by atoms with Crippen molar-refractivity contribution in [2.24, 2.45) is 0 Å². The second-order valence-electron chi connectivity index (χ2n) is 2.61. The van der Waals surface area contributed by atoms with Crippen molar-refractivity contribution in [3.63, 3.8) is 0 Å². The van der Waals surface area contributed by atoms with Crippen molar-refractivity contribution in [2.75, 3.05) is 41.7 Å². The van der Waals surface area contributed by atoms with E-state index in [0.29, 0.717) is 13.5 Å². The quantitative estimate of drug-likeness (QED) is 0.324. The van der Waals surface area contributed by atoms with Crippen LogP contribution in [0.15, 0.2) is 0 Å². The van der Waals surface area contributed by atoms with Crippen molar-refractivity contribution < 1.29 is 4.74 Å². The van der Waals surface area contributed by atoms with E-state index < -0.39 is 0 Å². The van der Waals surface area contributed by atoms with Crippen LogP contribution in [-0.4, -0.2) is 51.6 Å². The minimum atomic E-state index is 0.561. The largest absolute Gasteiger partial charge is 0.350 e. The molecule has 0 unspecified atom stereocenters. The van der Waals surface area contributed by atoms with E-state index in [1.54, 1.807) is 0 Å². The third-order valence-corrected chi connectivity index (χ3v) is 0.832. The fourth-order valence-electron chi connectivity index (χ4n) is 0.403. The van der Waals surface area contributed by atoms with Crippen LogP contribution in [0.3, 0.4) is 0 Å². The van der Waals surface area contributed by atoms with Crippen molar-refractivity contribution >= 4 is 0 Å². The summed E-state index contributed by atoms with van der Waals surface area (Å²) in [5.41, 5.74) is 2.99. The molecule has 0 aromatic rings. The highest BCUT2D eigenvalue weighted by Crippen LogP contribution is 1.75. The first-order chi connectivity index (χ1) is 4.63. The van der Waals surface area contributed by atoms with Crippen LogP contribution in [0.1, 0.15) is 0 Å². The van der Waals surface area contributed by atoms with Crippen molar-refractivity contribution in [3.05, 3.63) is 0 Å². The summed E-state index contributed by atoms with van der Waals surface area (Å²) in [6, 6.07) is 0. The Morgan fingerprint density at radius 2 is 1.80 bits per heavy atom. The lowest BCUT2D eigenvalue weighted by molar-refractivity contribution is 0.0179. The Labute approximate surface area is 62.7 Å². The van der Waals surface area contributed by atoms with Gasteiger partial charge in [-0.15, -0.1) is 0 Å². The molecule has 0 aromatic heterocycles. The van der Waals surface area contributed by atoms with Gasteiger partial charge in [0.1, 0.15) is 13.5 Å². The van der Waals surface area contributed by atoms with Crippen molar-refractivity contribution in [1.29, 1.82) is 0 Å². The zero-order valence-electron chi connectivity index (χ0n) is 7.22. The number of nitrogens with one attached hydrogen (secondary N) is 1. The highest BCUT2D eigenvalue weighted by Gasteiger charge is 1.89. The fraction of sp³-hybridized carbons (Fsp3) is 1.00. The molecule has 4 nitrogen and oxygen atoms in total. The lowest BCUT2D eigenvalue weighted by atomic mass is 10.9. The van der Waals surface area contributed by atoms with E-state index in [9.17, 15) is 0 Å². The second-order valence-corrected chi connectivity index (χ2v) is 2.61. The van der Waals surface area contributed by atoms with Gasteiger partial charge in [0.2, 0.25) is 0 Å². The monoisotopic (exact) mass is 147 g/mol. The molecule has 0 aromatic carbocycles. The second kappa shape index (κ2) is 5.61. The van der Waals surface area contributed by atoms with Crippen LogP contribution in [0.2, 0.25) is 0 Å². The first-order valence-corrected chi connectivity index (χ1v) is 3.26. The molecule has 0 aliphatic heterocycles. The summed E-state index contributed by atoms with van der Waals surface area (Å²) >= 11 is 0. The van der Waals surface area contributed by atoms with Crippen LogP contribution in [-0.2, 0) is 4.74 Å². The van der Waals surface area contributed by atoms with Gasteiger partial charge in [-0.1, -0.05) is 0 Å². The summed E-state index contributed by atoms with van der Waals surface area (Å²) in [4.78, 5) is 1.97. The molecule has 0 heterocycles. The first-order valence-electron chi connectivity index (χ1n) is 3.26. The topological polar surface area (TPSA) is 27.7 Å². The van der Waals surface area contributed by atoms with Gasteiger partial charge in [-0.25, -0.2) is 10.4 Å². The molecule has 0 amide bonds. The number of hydrogen-bond donors (Lipinski definition) is 1. The van der Waals surface area contributed by atoms with Gasteiger partial charge in [0.25, 0.3) is 0 Å². The molecule has 4 heteroatoms. The molecule has 10 heavy (non-hydrogen) atoms. The van der Waals surface area contributed by atoms with Crippen LogP contribution < -0.4 is 5.43 Å². The lowest BCUT2D eigenvalue weighted by Gasteiger charge is -2.14. The number of rotatable bonds is 5. The van der Waals surface area contributed by atoms with E-state index in [1.165, 1.54) is 0 Å². The summed E-state index contributed by atoms with van der Waals surface area (Å²) in [7, 11) is 7.80. The van der Waals surface area contributed by atoms with E-state index in [0.717, 1.165) is 0 Å². The van der Waals surface area contributed by atoms with Gasteiger partial charge in [-0.3, -0.25) is 4.90 Å². The molecular formula is C6H17N3O. The average molecular weight is 147 g/mol. The molecular weight excluding hydrogens is 130 g/mol. The number of nitrogens with zero attached hydrogens (tertiary/aromatic N) is 2. The molecule has 0 rings (SSSR count). The van der Waals surface area contributed by atoms with Gasteiger partial charge in [-0.05, 0) is 14.1 Å². The zero-order chi connectivity index (χ0) is 7.98. The molecule has 0 atom stereocenters. The number of hydrazine groups is 1. The van der Waals surface area contributed by atoms with Gasteiger partial charge in [-0.2, -0.15) is 0 Å². The van der Waals surface area contributed by atoms with Gasteiger partial charge in [0.15, 0.2) is 0 Å². The van der Waals surface area contributed by atoms with E-state index in [-0.39, 0.29) is 0 Å². The fourth-order valence-corrected chi connectivity index (χ4v) is 0.403. The van der Waals surface area contributed by atoms with Gasteiger partial charge >= 0.3 is 0 Å². The smallest absolute Gasteiger partial charge is 0.111 e. The van der Waals surface area contributed by atoms with Gasteiger partial charge in [0, 0.05) is 14.1 Å². The minimum Gasteiger partial charge on any atom is -0.350 e. The summed E-state index contributed by atoms with van der Waals surface area (Å²) in [6.07, 6.45) is 0. The molecule has 0 aliphatic carbocycles. The van der Waals surface area contributed by atoms with E-state index >= 15 is 0 Å². The predicted molar refractivity (Wildman–Crippen MR) is 41.3 cm³/mol. The maximum absolute atomic E-state index is 5.18. The summed E-state index contributed by atoms with van der Waals surface area (Å²) in [6.45, 7) is 1.21. The van der Waals surface area contributed by atoms with Crippen LogP contribution in [0.5, 0.6) is 0 Å². The van der Waals surface area contributed by atoms with E-state index in [1.807, 2.05) is 38.1 Å². The predicted octanol–water partition coefficient (Wildman–Crippen LogP) is -0.454. The number of ether oxygens (including phenoxy) is 1.